The number of hydrogen-bond acceptors (Lipinski definition) is 4. The fourth-order valence-corrected chi connectivity index (χ4v) is 2.45. The van der Waals surface area contributed by atoms with Crippen LogP contribution in [0.15, 0.2) is 70.3 Å². The normalized spacial score (nSPS) is 10.5. The zero-order chi connectivity index (χ0) is 18.5. The SMILES string of the molecule is Cn1c(COc2ccc(OCc3ccccc3)cc2)cc(=O)n(C)c1=O. The Labute approximate surface area is 150 Å². The van der Waals surface area contributed by atoms with E-state index in [2.05, 4.69) is 0 Å². The Morgan fingerprint density at radius 2 is 1.35 bits per heavy atom. The van der Waals surface area contributed by atoms with Gasteiger partial charge in [-0.3, -0.25) is 13.9 Å². The number of hydrogen-bond donors (Lipinski definition) is 0. The molecular formula is C20H20N2O4. The smallest absolute Gasteiger partial charge is 0.330 e. The van der Waals surface area contributed by atoms with Gasteiger partial charge in [0.25, 0.3) is 5.56 Å². The number of benzene rings is 2. The van der Waals surface area contributed by atoms with Crippen LogP contribution >= 0.6 is 0 Å². The van der Waals surface area contributed by atoms with Crippen molar-refractivity contribution in [3.05, 3.63) is 92.8 Å². The molecule has 0 aliphatic carbocycles. The lowest BCUT2D eigenvalue weighted by molar-refractivity contribution is 0.289. The highest BCUT2D eigenvalue weighted by Gasteiger charge is 2.06. The molecule has 2 aromatic carbocycles. The Hall–Kier alpha value is -3.28. The zero-order valence-electron chi connectivity index (χ0n) is 14.7. The second kappa shape index (κ2) is 7.74. The quantitative estimate of drug-likeness (QED) is 0.683. The third-order valence-corrected chi connectivity index (χ3v) is 4.08. The summed E-state index contributed by atoms with van der Waals surface area (Å²) in [5, 5.41) is 0. The molecule has 0 fully saturated rings. The average Bonchev–Trinajstić information content (AvgIpc) is 2.68. The van der Waals surface area contributed by atoms with Crippen LogP contribution in [0.3, 0.4) is 0 Å². The summed E-state index contributed by atoms with van der Waals surface area (Å²) >= 11 is 0. The molecule has 0 saturated carbocycles. The van der Waals surface area contributed by atoms with Gasteiger partial charge in [-0.25, -0.2) is 4.79 Å². The molecule has 0 aliphatic rings. The molecule has 0 N–H and O–H groups in total. The van der Waals surface area contributed by atoms with Crippen LogP contribution in [0, 0.1) is 0 Å². The third-order valence-electron chi connectivity index (χ3n) is 4.08. The van der Waals surface area contributed by atoms with Crippen molar-refractivity contribution in [2.75, 3.05) is 0 Å². The van der Waals surface area contributed by atoms with Gasteiger partial charge in [0.15, 0.2) is 0 Å². The van der Waals surface area contributed by atoms with Crippen LogP contribution in [0.5, 0.6) is 11.5 Å². The summed E-state index contributed by atoms with van der Waals surface area (Å²) in [6.07, 6.45) is 0. The summed E-state index contributed by atoms with van der Waals surface area (Å²) in [6.45, 7) is 0.627. The van der Waals surface area contributed by atoms with Crippen molar-refractivity contribution in [3.63, 3.8) is 0 Å². The molecule has 6 heteroatoms. The van der Waals surface area contributed by atoms with Crippen LogP contribution in [-0.4, -0.2) is 9.13 Å². The van der Waals surface area contributed by atoms with Crippen LogP contribution in [-0.2, 0) is 27.3 Å². The molecule has 0 saturated heterocycles. The van der Waals surface area contributed by atoms with Gasteiger partial charge in [0, 0.05) is 20.2 Å². The third kappa shape index (κ3) is 4.03. The van der Waals surface area contributed by atoms with Gasteiger partial charge in [-0.2, -0.15) is 0 Å². The molecule has 0 spiro atoms. The van der Waals surface area contributed by atoms with Crippen molar-refractivity contribution in [1.29, 1.82) is 0 Å². The summed E-state index contributed by atoms with van der Waals surface area (Å²) in [4.78, 5) is 23.6. The molecule has 1 aromatic heterocycles. The first kappa shape index (κ1) is 17.5. The van der Waals surface area contributed by atoms with Crippen LogP contribution < -0.4 is 20.7 Å². The lowest BCUT2D eigenvalue weighted by atomic mass is 10.2. The number of nitrogens with zero attached hydrogens (tertiary/aromatic N) is 2. The van der Waals surface area contributed by atoms with E-state index in [9.17, 15) is 9.59 Å². The van der Waals surface area contributed by atoms with Crippen molar-refractivity contribution in [3.8, 4) is 11.5 Å². The molecular weight excluding hydrogens is 332 g/mol. The largest absolute Gasteiger partial charge is 0.489 e. The van der Waals surface area contributed by atoms with Gasteiger partial charge in [-0.1, -0.05) is 30.3 Å². The fourth-order valence-electron chi connectivity index (χ4n) is 2.45. The van der Waals surface area contributed by atoms with E-state index in [-0.39, 0.29) is 17.9 Å². The van der Waals surface area contributed by atoms with Gasteiger partial charge in [0.05, 0.1) is 5.69 Å². The molecule has 0 atom stereocenters. The molecule has 0 aliphatic heterocycles. The predicted octanol–water partition coefficient (Wildman–Crippen LogP) is 2.24. The van der Waals surface area contributed by atoms with Crippen molar-refractivity contribution in [2.45, 2.75) is 13.2 Å². The van der Waals surface area contributed by atoms with Crippen LogP contribution in [0.4, 0.5) is 0 Å². The molecule has 0 bridgehead atoms. The molecule has 6 nitrogen and oxygen atoms in total. The molecule has 3 aromatic rings. The summed E-state index contributed by atoms with van der Waals surface area (Å²) in [7, 11) is 3.06. The fraction of sp³-hybridized carbons (Fsp3) is 0.200. The molecule has 0 amide bonds. The summed E-state index contributed by atoms with van der Waals surface area (Å²) < 4.78 is 13.9. The minimum Gasteiger partial charge on any atom is -0.489 e. The number of aromatic nitrogens is 2. The number of rotatable bonds is 6. The lowest BCUT2D eigenvalue weighted by Crippen LogP contribution is -2.38. The van der Waals surface area contributed by atoms with E-state index >= 15 is 0 Å². The molecule has 134 valence electrons. The highest BCUT2D eigenvalue weighted by molar-refractivity contribution is 5.31. The predicted molar refractivity (Wildman–Crippen MR) is 98.5 cm³/mol. The standard InChI is InChI=1S/C20H20N2O4/c1-21-16(12-19(23)22(2)20(21)24)14-26-18-10-8-17(9-11-18)25-13-15-6-4-3-5-7-15/h3-12H,13-14H2,1-2H3. The maximum absolute atomic E-state index is 11.9. The van der Waals surface area contributed by atoms with E-state index < -0.39 is 0 Å². The van der Waals surface area contributed by atoms with Crippen molar-refractivity contribution >= 4 is 0 Å². The van der Waals surface area contributed by atoms with Gasteiger partial charge in [0.2, 0.25) is 0 Å². The Kier molecular flexibility index (Phi) is 5.22. The highest BCUT2D eigenvalue weighted by atomic mass is 16.5. The lowest BCUT2D eigenvalue weighted by Gasteiger charge is -2.11. The van der Waals surface area contributed by atoms with Crippen LogP contribution in [0.25, 0.3) is 0 Å². The first-order chi connectivity index (χ1) is 12.5. The minimum atomic E-state index is -0.374. The maximum Gasteiger partial charge on any atom is 0.330 e. The van der Waals surface area contributed by atoms with E-state index in [0.29, 0.717) is 18.1 Å². The Morgan fingerprint density at radius 1 is 0.769 bits per heavy atom. The maximum atomic E-state index is 11.9. The van der Waals surface area contributed by atoms with Crippen molar-refractivity contribution in [2.24, 2.45) is 14.1 Å². The minimum absolute atomic E-state index is 0.131. The molecule has 26 heavy (non-hydrogen) atoms. The first-order valence-corrected chi connectivity index (χ1v) is 8.20. The van der Waals surface area contributed by atoms with Crippen molar-refractivity contribution in [1.82, 2.24) is 9.13 Å². The van der Waals surface area contributed by atoms with E-state index in [1.165, 1.54) is 17.7 Å². The monoisotopic (exact) mass is 352 g/mol. The Morgan fingerprint density at radius 3 is 1.96 bits per heavy atom. The van der Waals surface area contributed by atoms with Gasteiger partial charge in [-0.05, 0) is 29.8 Å². The highest BCUT2D eigenvalue weighted by Crippen LogP contribution is 2.19. The van der Waals surface area contributed by atoms with Gasteiger partial charge in [-0.15, -0.1) is 0 Å². The van der Waals surface area contributed by atoms with Crippen LogP contribution in [0.1, 0.15) is 11.3 Å². The van der Waals surface area contributed by atoms with E-state index in [0.717, 1.165) is 15.9 Å². The number of ether oxygens (including phenoxy) is 2. The second-order valence-electron chi connectivity index (χ2n) is 5.91. The van der Waals surface area contributed by atoms with Crippen LogP contribution in [0.2, 0.25) is 0 Å². The first-order valence-electron chi connectivity index (χ1n) is 8.20. The topological polar surface area (TPSA) is 62.5 Å². The second-order valence-corrected chi connectivity index (χ2v) is 5.91. The van der Waals surface area contributed by atoms with Gasteiger partial charge < -0.3 is 9.47 Å². The Bertz CT molecular complexity index is 989. The molecule has 0 unspecified atom stereocenters. The average molecular weight is 352 g/mol. The zero-order valence-corrected chi connectivity index (χ0v) is 14.7. The van der Waals surface area contributed by atoms with E-state index in [1.54, 1.807) is 19.2 Å². The molecule has 1 heterocycles. The summed E-state index contributed by atoms with van der Waals surface area (Å²) in [5.41, 5.74) is 0.888. The van der Waals surface area contributed by atoms with Gasteiger partial charge >= 0.3 is 5.69 Å². The van der Waals surface area contributed by atoms with Crippen molar-refractivity contribution < 1.29 is 9.47 Å². The van der Waals surface area contributed by atoms with E-state index in [4.69, 9.17) is 9.47 Å². The summed E-state index contributed by atoms with van der Waals surface area (Å²) in [5.74, 6) is 1.37. The molecule has 0 radical (unpaired) electrons. The van der Waals surface area contributed by atoms with E-state index in [1.807, 2.05) is 42.5 Å². The van der Waals surface area contributed by atoms with Gasteiger partial charge in [0.1, 0.15) is 24.7 Å². The Balaban J connectivity index is 1.61. The summed E-state index contributed by atoms with van der Waals surface area (Å²) in [6, 6.07) is 18.5. The molecule has 3 rings (SSSR count).